The second-order valence-electron chi connectivity index (χ2n) is 7.02. The first-order valence-corrected chi connectivity index (χ1v) is 8.97. The Balaban J connectivity index is 1.94. The number of benzene rings is 1. The van der Waals surface area contributed by atoms with Crippen LogP contribution in [0.25, 0.3) is 11.5 Å². The number of hydrogen-bond donors (Lipinski definition) is 2. The molecular formula is C21H24N4O3. The zero-order valence-electron chi connectivity index (χ0n) is 16.7. The molecule has 0 aliphatic carbocycles. The molecular weight excluding hydrogens is 356 g/mol. The topological polar surface area (TPSA) is 89.2 Å². The molecule has 2 aromatic heterocycles. The molecule has 3 aromatic rings. The van der Waals surface area contributed by atoms with Gasteiger partial charge in [-0.05, 0) is 49.6 Å². The van der Waals surface area contributed by atoms with Crippen LogP contribution in [0.1, 0.15) is 32.9 Å². The Labute approximate surface area is 163 Å². The number of nitrogens with zero attached hydrogens (tertiary/aromatic N) is 3. The number of aromatic hydroxyl groups is 1. The third kappa shape index (κ3) is 3.43. The lowest BCUT2D eigenvalue weighted by Gasteiger charge is -2.13. The van der Waals surface area contributed by atoms with Crippen molar-refractivity contribution in [1.82, 2.24) is 19.4 Å². The van der Waals surface area contributed by atoms with E-state index in [9.17, 15) is 14.7 Å². The van der Waals surface area contributed by atoms with Crippen LogP contribution in [0.15, 0.2) is 35.1 Å². The van der Waals surface area contributed by atoms with Gasteiger partial charge in [0, 0.05) is 26.3 Å². The molecule has 0 fully saturated rings. The number of nitrogens with one attached hydrogen (secondary N) is 1. The van der Waals surface area contributed by atoms with Gasteiger partial charge in [0.05, 0.1) is 5.69 Å². The number of amides is 1. The molecule has 7 heteroatoms. The average molecular weight is 380 g/mol. The minimum atomic E-state index is -0.666. The summed E-state index contributed by atoms with van der Waals surface area (Å²) < 4.78 is 3.11. The molecule has 0 aliphatic heterocycles. The summed E-state index contributed by atoms with van der Waals surface area (Å²) in [5, 5.41) is 12.9. The summed E-state index contributed by atoms with van der Waals surface area (Å²) in [6, 6.07) is 9.63. The van der Waals surface area contributed by atoms with Crippen LogP contribution in [0.4, 0.5) is 0 Å². The van der Waals surface area contributed by atoms with E-state index in [1.807, 2.05) is 62.7 Å². The normalized spacial score (nSPS) is 10.9. The van der Waals surface area contributed by atoms with Crippen molar-refractivity contribution in [2.75, 3.05) is 0 Å². The monoisotopic (exact) mass is 380 g/mol. The molecule has 2 heterocycles. The van der Waals surface area contributed by atoms with Crippen molar-refractivity contribution in [3.05, 3.63) is 68.8 Å². The molecule has 28 heavy (non-hydrogen) atoms. The molecule has 0 spiro atoms. The Kier molecular flexibility index (Phi) is 5.09. The molecule has 0 radical (unpaired) electrons. The van der Waals surface area contributed by atoms with Crippen LogP contribution in [-0.4, -0.2) is 25.1 Å². The van der Waals surface area contributed by atoms with Crippen molar-refractivity contribution in [3.63, 3.8) is 0 Å². The molecule has 0 saturated heterocycles. The Bertz CT molecular complexity index is 1130. The fourth-order valence-electron chi connectivity index (χ4n) is 2.99. The molecule has 146 valence electrons. The molecule has 2 N–H and O–H groups in total. The van der Waals surface area contributed by atoms with Crippen molar-refractivity contribution in [1.29, 1.82) is 0 Å². The Hall–Kier alpha value is -3.35. The predicted octanol–water partition coefficient (Wildman–Crippen LogP) is 2.35. The van der Waals surface area contributed by atoms with Crippen LogP contribution in [0, 0.1) is 20.8 Å². The van der Waals surface area contributed by atoms with Gasteiger partial charge in [-0.3, -0.25) is 14.2 Å². The van der Waals surface area contributed by atoms with E-state index in [0.717, 1.165) is 16.8 Å². The smallest absolute Gasteiger partial charge is 0.296 e. The van der Waals surface area contributed by atoms with Crippen LogP contribution in [-0.2, 0) is 20.6 Å². The van der Waals surface area contributed by atoms with Gasteiger partial charge >= 0.3 is 0 Å². The van der Waals surface area contributed by atoms with Crippen LogP contribution >= 0.6 is 0 Å². The van der Waals surface area contributed by atoms with Gasteiger partial charge in [-0.1, -0.05) is 18.2 Å². The number of aromatic nitrogens is 3. The quantitative estimate of drug-likeness (QED) is 0.727. The van der Waals surface area contributed by atoms with Crippen molar-refractivity contribution < 1.29 is 9.90 Å². The first-order valence-electron chi connectivity index (χ1n) is 8.97. The standard InChI is InChI=1S/C21H24N4O3/c1-12-6-8-15(10-13(12)2)11-22-20(27)17-18(26)21(28)25(5)19(23-17)16-9-7-14(3)24(16)4/h6-10,26H,11H2,1-5H3,(H,22,27). The van der Waals surface area contributed by atoms with Crippen molar-refractivity contribution >= 4 is 5.91 Å². The Morgan fingerprint density at radius 1 is 1.07 bits per heavy atom. The highest BCUT2D eigenvalue weighted by atomic mass is 16.3. The van der Waals surface area contributed by atoms with Gasteiger partial charge in [-0.15, -0.1) is 0 Å². The van der Waals surface area contributed by atoms with E-state index in [1.165, 1.54) is 17.2 Å². The first kappa shape index (κ1) is 19.4. The van der Waals surface area contributed by atoms with Crippen LogP contribution in [0.2, 0.25) is 0 Å². The highest BCUT2D eigenvalue weighted by Gasteiger charge is 2.22. The lowest BCUT2D eigenvalue weighted by Crippen LogP contribution is -2.29. The zero-order chi connectivity index (χ0) is 20.6. The third-order valence-corrected chi connectivity index (χ3v) is 5.11. The van der Waals surface area contributed by atoms with Gasteiger partial charge in [0.1, 0.15) is 0 Å². The van der Waals surface area contributed by atoms with Crippen molar-refractivity contribution in [2.45, 2.75) is 27.3 Å². The SMILES string of the molecule is Cc1ccc(CNC(=O)c2nc(-c3ccc(C)n3C)n(C)c(=O)c2O)cc1C. The summed E-state index contributed by atoms with van der Waals surface area (Å²) in [7, 11) is 3.37. The van der Waals surface area contributed by atoms with E-state index < -0.39 is 17.2 Å². The van der Waals surface area contributed by atoms with Gasteiger partial charge in [0.15, 0.2) is 11.5 Å². The van der Waals surface area contributed by atoms with E-state index in [0.29, 0.717) is 11.5 Å². The highest BCUT2D eigenvalue weighted by molar-refractivity contribution is 5.95. The van der Waals surface area contributed by atoms with Gasteiger partial charge in [-0.25, -0.2) is 4.98 Å². The van der Waals surface area contributed by atoms with Crippen molar-refractivity contribution in [2.24, 2.45) is 14.1 Å². The first-order chi connectivity index (χ1) is 13.2. The summed E-state index contributed by atoms with van der Waals surface area (Å²) in [6.45, 7) is 6.23. The number of carbonyl (C=O) groups is 1. The number of rotatable bonds is 4. The number of hydrogen-bond acceptors (Lipinski definition) is 4. The highest BCUT2D eigenvalue weighted by Crippen LogP contribution is 2.21. The van der Waals surface area contributed by atoms with Gasteiger partial charge < -0.3 is 15.0 Å². The fraction of sp³-hybridized carbons (Fsp3) is 0.286. The molecule has 1 aromatic carbocycles. The van der Waals surface area contributed by atoms with Crippen LogP contribution < -0.4 is 10.9 Å². The molecule has 3 rings (SSSR count). The summed E-state index contributed by atoms with van der Waals surface area (Å²) in [4.78, 5) is 29.4. The number of carbonyl (C=O) groups excluding carboxylic acids is 1. The lowest BCUT2D eigenvalue weighted by molar-refractivity contribution is 0.0942. The molecule has 0 atom stereocenters. The maximum Gasteiger partial charge on any atom is 0.296 e. The third-order valence-electron chi connectivity index (χ3n) is 5.11. The second kappa shape index (κ2) is 7.34. The average Bonchev–Trinajstić information content (AvgIpc) is 2.99. The Morgan fingerprint density at radius 2 is 1.79 bits per heavy atom. The minimum absolute atomic E-state index is 0.273. The molecule has 7 nitrogen and oxygen atoms in total. The molecule has 0 aliphatic rings. The Morgan fingerprint density at radius 3 is 2.39 bits per heavy atom. The lowest BCUT2D eigenvalue weighted by atomic mass is 10.1. The fourth-order valence-corrected chi connectivity index (χ4v) is 2.99. The summed E-state index contributed by atoms with van der Waals surface area (Å²) in [5.74, 6) is -0.940. The van der Waals surface area contributed by atoms with E-state index >= 15 is 0 Å². The molecule has 0 bridgehead atoms. The van der Waals surface area contributed by atoms with E-state index in [4.69, 9.17) is 0 Å². The molecule has 0 unspecified atom stereocenters. The van der Waals surface area contributed by atoms with E-state index in [-0.39, 0.29) is 12.2 Å². The summed E-state index contributed by atoms with van der Waals surface area (Å²) in [6.07, 6.45) is 0. The maximum absolute atomic E-state index is 12.6. The minimum Gasteiger partial charge on any atom is -0.501 e. The van der Waals surface area contributed by atoms with E-state index in [1.54, 1.807) is 0 Å². The van der Waals surface area contributed by atoms with E-state index in [2.05, 4.69) is 10.3 Å². The maximum atomic E-state index is 12.6. The van der Waals surface area contributed by atoms with Gasteiger partial charge in [0.25, 0.3) is 11.5 Å². The number of aryl methyl sites for hydroxylation is 3. The summed E-state index contributed by atoms with van der Waals surface area (Å²) in [5.41, 5.74) is 3.95. The van der Waals surface area contributed by atoms with Crippen molar-refractivity contribution in [3.8, 4) is 17.3 Å². The largest absolute Gasteiger partial charge is 0.501 e. The summed E-state index contributed by atoms with van der Waals surface area (Å²) >= 11 is 0. The van der Waals surface area contributed by atoms with Crippen LogP contribution in [0.3, 0.4) is 0 Å². The molecule has 0 saturated carbocycles. The second-order valence-corrected chi connectivity index (χ2v) is 7.02. The zero-order valence-corrected chi connectivity index (χ0v) is 16.7. The predicted molar refractivity (Wildman–Crippen MR) is 107 cm³/mol. The van der Waals surface area contributed by atoms with Crippen LogP contribution in [0.5, 0.6) is 5.75 Å². The molecule has 1 amide bonds. The van der Waals surface area contributed by atoms with Gasteiger partial charge in [0.2, 0.25) is 5.75 Å². The van der Waals surface area contributed by atoms with Gasteiger partial charge in [-0.2, -0.15) is 0 Å².